The number of nitrogens with zero attached hydrogens (tertiary/aromatic N) is 1. The summed E-state index contributed by atoms with van der Waals surface area (Å²) in [7, 11) is 0. The van der Waals surface area contributed by atoms with E-state index in [1.165, 1.54) is 0 Å². The number of piperidine rings is 1. The SMILES string of the molecule is CC=COC1CC(C)(C)N(CC)C(C)(C)C1. The van der Waals surface area contributed by atoms with E-state index in [0.29, 0.717) is 6.10 Å². The van der Waals surface area contributed by atoms with Gasteiger partial charge in [-0.1, -0.05) is 13.0 Å². The second kappa shape index (κ2) is 4.79. The molecule has 0 unspecified atom stereocenters. The molecule has 0 aromatic heterocycles. The third kappa shape index (κ3) is 2.79. The van der Waals surface area contributed by atoms with Crippen LogP contribution in [0.1, 0.15) is 54.4 Å². The number of hydrogen-bond donors (Lipinski definition) is 0. The minimum Gasteiger partial charge on any atom is -0.498 e. The van der Waals surface area contributed by atoms with E-state index in [1.807, 2.05) is 19.3 Å². The maximum Gasteiger partial charge on any atom is 0.101 e. The van der Waals surface area contributed by atoms with Crippen molar-refractivity contribution in [3.05, 3.63) is 12.3 Å². The van der Waals surface area contributed by atoms with Gasteiger partial charge in [0, 0.05) is 23.9 Å². The fourth-order valence-corrected chi connectivity index (χ4v) is 3.37. The van der Waals surface area contributed by atoms with Gasteiger partial charge in [-0.15, -0.1) is 0 Å². The molecule has 0 saturated carbocycles. The lowest BCUT2D eigenvalue weighted by Crippen LogP contribution is -2.61. The molecule has 1 aliphatic rings. The lowest BCUT2D eigenvalue weighted by atomic mass is 9.78. The second-order valence-electron chi connectivity index (χ2n) is 6.00. The number of allylic oxidation sites excluding steroid dienone is 1. The van der Waals surface area contributed by atoms with Crippen molar-refractivity contribution in [1.29, 1.82) is 0 Å². The lowest BCUT2D eigenvalue weighted by Gasteiger charge is -2.54. The molecule has 0 aromatic rings. The lowest BCUT2D eigenvalue weighted by molar-refractivity contribution is -0.0810. The van der Waals surface area contributed by atoms with Crippen molar-refractivity contribution in [2.75, 3.05) is 6.54 Å². The van der Waals surface area contributed by atoms with Crippen LogP contribution in [-0.2, 0) is 4.74 Å². The van der Waals surface area contributed by atoms with Crippen LogP contribution in [0.4, 0.5) is 0 Å². The Hall–Kier alpha value is -0.500. The van der Waals surface area contributed by atoms with Gasteiger partial charge in [0.15, 0.2) is 0 Å². The molecule has 0 N–H and O–H groups in total. The van der Waals surface area contributed by atoms with E-state index in [4.69, 9.17) is 4.74 Å². The van der Waals surface area contributed by atoms with Crippen molar-refractivity contribution in [3.8, 4) is 0 Å². The van der Waals surface area contributed by atoms with Gasteiger partial charge >= 0.3 is 0 Å². The summed E-state index contributed by atoms with van der Waals surface area (Å²) >= 11 is 0. The molecule has 1 saturated heterocycles. The zero-order valence-corrected chi connectivity index (χ0v) is 11.7. The van der Waals surface area contributed by atoms with Crippen LogP contribution in [0.2, 0.25) is 0 Å². The predicted octanol–water partition coefficient (Wildman–Crippen LogP) is 3.58. The van der Waals surface area contributed by atoms with Gasteiger partial charge in [0.2, 0.25) is 0 Å². The van der Waals surface area contributed by atoms with Gasteiger partial charge in [0.1, 0.15) is 6.10 Å². The number of rotatable bonds is 3. The standard InChI is InChI=1S/C14H27NO/c1-7-9-16-12-10-13(3,4)15(8-2)14(5,6)11-12/h7,9,12H,8,10-11H2,1-6H3. The Kier molecular flexibility index (Phi) is 4.06. The predicted molar refractivity (Wildman–Crippen MR) is 69.5 cm³/mol. The molecule has 0 atom stereocenters. The molecule has 0 spiro atoms. The minimum atomic E-state index is 0.225. The van der Waals surface area contributed by atoms with Gasteiger partial charge in [-0.05, 0) is 41.2 Å². The van der Waals surface area contributed by atoms with Crippen LogP contribution < -0.4 is 0 Å². The highest BCUT2D eigenvalue weighted by Crippen LogP contribution is 2.39. The van der Waals surface area contributed by atoms with Crippen molar-refractivity contribution < 1.29 is 4.74 Å². The Morgan fingerprint density at radius 3 is 2.06 bits per heavy atom. The first-order valence-electron chi connectivity index (χ1n) is 6.38. The number of hydrogen-bond acceptors (Lipinski definition) is 2. The topological polar surface area (TPSA) is 12.5 Å². The fourth-order valence-electron chi connectivity index (χ4n) is 3.37. The molecule has 0 bridgehead atoms. The monoisotopic (exact) mass is 225 g/mol. The third-order valence-corrected chi connectivity index (χ3v) is 3.64. The Bertz CT molecular complexity index is 237. The molecular weight excluding hydrogens is 198 g/mol. The maximum atomic E-state index is 5.79. The van der Waals surface area contributed by atoms with Gasteiger partial charge in [0.05, 0.1) is 6.26 Å². The number of ether oxygens (including phenoxy) is 1. The zero-order chi connectivity index (χ0) is 12.4. The Balaban J connectivity index is 2.80. The minimum absolute atomic E-state index is 0.225. The summed E-state index contributed by atoms with van der Waals surface area (Å²) in [5.41, 5.74) is 0.450. The fraction of sp³-hybridized carbons (Fsp3) is 0.857. The summed E-state index contributed by atoms with van der Waals surface area (Å²) < 4.78 is 5.79. The van der Waals surface area contributed by atoms with E-state index in [0.717, 1.165) is 19.4 Å². The van der Waals surface area contributed by atoms with Crippen LogP contribution in [0.15, 0.2) is 12.3 Å². The molecule has 2 heteroatoms. The van der Waals surface area contributed by atoms with Crippen LogP contribution in [0.5, 0.6) is 0 Å². The first kappa shape index (κ1) is 13.6. The van der Waals surface area contributed by atoms with E-state index in [1.54, 1.807) is 0 Å². The van der Waals surface area contributed by atoms with Gasteiger partial charge in [-0.25, -0.2) is 0 Å². The quantitative estimate of drug-likeness (QED) is 0.681. The molecule has 0 aromatic carbocycles. The smallest absolute Gasteiger partial charge is 0.101 e. The molecule has 1 rings (SSSR count). The van der Waals surface area contributed by atoms with E-state index in [2.05, 4.69) is 39.5 Å². The highest BCUT2D eigenvalue weighted by Gasteiger charge is 2.44. The number of likely N-dealkylation sites (tertiary alicyclic amines) is 1. The highest BCUT2D eigenvalue weighted by atomic mass is 16.5. The average Bonchev–Trinajstić information content (AvgIpc) is 2.11. The molecule has 2 nitrogen and oxygen atoms in total. The van der Waals surface area contributed by atoms with Crippen molar-refractivity contribution in [3.63, 3.8) is 0 Å². The van der Waals surface area contributed by atoms with Crippen molar-refractivity contribution in [2.45, 2.75) is 71.6 Å². The summed E-state index contributed by atoms with van der Waals surface area (Å²) in [4.78, 5) is 2.59. The normalized spacial score (nSPS) is 26.1. The first-order chi connectivity index (χ1) is 7.33. The molecule has 0 amide bonds. The van der Waals surface area contributed by atoms with E-state index in [9.17, 15) is 0 Å². The molecule has 1 aliphatic heterocycles. The summed E-state index contributed by atoms with van der Waals surface area (Å²) in [6.45, 7) is 14.6. The zero-order valence-electron chi connectivity index (χ0n) is 11.7. The molecule has 1 heterocycles. The Labute approximate surface area is 101 Å². The maximum absolute atomic E-state index is 5.79. The van der Waals surface area contributed by atoms with Gasteiger partial charge in [0.25, 0.3) is 0 Å². The Morgan fingerprint density at radius 1 is 1.19 bits per heavy atom. The van der Waals surface area contributed by atoms with Crippen LogP contribution in [0, 0.1) is 0 Å². The van der Waals surface area contributed by atoms with Crippen molar-refractivity contribution in [2.24, 2.45) is 0 Å². The van der Waals surface area contributed by atoms with Gasteiger partial charge in [-0.3, -0.25) is 4.90 Å². The molecule has 16 heavy (non-hydrogen) atoms. The van der Waals surface area contributed by atoms with E-state index >= 15 is 0 Å². The average molecular weight is 225 g/mol. The third-order valence-electron chi connectivity index (χ3n) is 3.64. The molecular formula is C14H27NO. The largest absolute Gasteiger partial charge is 0.498 e. The van der Waals surface area contributed by atoms with Crippen LogP contribution in [0.25, 0.3) is 0 Å². The summed E-state index contributed by atoms with van der Waals surface area (Å²) in [5, 5.41) is 0. The summed E-state index contributed by atoms with van der Waals surface area (Å²) in [6, 6.07) is 0. The second-order valence-corrected chi connectivity index (χ2v) is 6.00. The van der Waals surface area contributed by atoms with Crippen molar-refractivity contribution in [1.82, 2.24) is 4.90 Å². The first-order valence-corrected chi connectivity index (χ1v) is 6.38. The van der Waals surface area contributed by atoms with E-state index < -0.39 is 0 Å². The summed E-state index contributed by atoms with van der Waals surface area (Å²) in [6.07, 6.45) is 6.36. The van der Waals surface area contributed by atoms with Crippen LogP contribution in [-0.4, -0.2) is 28.6 Å². The molecule has 0 radical (unpaired) electrons. The summed E-state index contributed by atoms with van der Waals surface area (Å²) in [5.74, 6) is 0. The van der Waals surface area contributed by atoms with Crippen LogP contribution in [0.3, 0.4) is 0 Å². The molecule has 94 valence electrons. The van der Waals surface area contributed by atoms with Crippen molar-refractivity contribution >= 4 is 0 Å². The van der Waals surface area contributed by atoms with Gasteiger partial charge in [-0.2, -0.15) is 0 Å². The van der Waals surface area contributed by atoms with Crippen LogP contribution >= 0.6 is 0 Å². The molecule has 1 fully saturated rings. The molecule has 0 aliphatic carbocycles. The van der Waals surface area contributed by atoms with E-state index in [-0.39, 0.29) is 11.1 Å². The Morgan fingerprint density at radius 2 is 1.69 bits per heavy atom. The van der Waals surface area contributed by atoms with Gasteiger partial charge < -0.3 is 4.74 Å². The highest BCUT2D eigenvalue weighted by molar-refractivity contribution is 5.00.